The lowest BCUT2D eigenvalue weighted by Gasteiger charge is -2.12. The molecule has 1 atom stereocenters. The van der Waals surface area contributed by atoms with Crippen LogP contribution in [-0.2, 0) is 0 Å². The molecule has 0 amide bonds. The molecule has 1 aliphatic heterocycles. The Morgan fingerprint density at radius 3 is 3.00 bits per heavy atom. The van der Waals surface area contributed by atoms with Crippen molar-refractivity contribution in [3.8, 4) is 11.5 Å². The predicted molar refractivity (Wildman–Crippen MR) is 74.3 cm³/mol. The summed E-state index contributed by atoms with van der Waals surface area (Å²) in [6, 6.07) is 12.5. The lowest BCUT2D eigenvalue weighted by molar-refractivity contribution is 0.241. The van der Waals surface area contributed by atoms with Crippen LogP contribution in [0, 0.1) is 5.82 Å². The van der Waals surface area contributed by atoms with Crippen LogP contribution in [0.1, 0.15) is 11.5 Å². The van der Waals surface area contributed by atoms with Gasteiger partial charge in [0.05, 0.1) is 19.1 Å². The SMILES string of the molecule is Fc1ccc(Br)cc1OCC1COc2ccccc21. The third-order valence-electron chi connectivity index (χ3n) is 3.13. The zero-order valence-corrected chi connectivity index (χ0v) is 11.7. The second-order valence-corrected chi connectivity index (χ2v) is 5.35. The quantitative estimate of drug-likeness (QED) is 0.845. The van der Waals surface area contributed by atoms with Gasteiger partial charge in [-0.05, 0) is 24.3 Å². The highest BCUT2D eigenvalue weighted by molar-refractivity contribution is 9.10. The molecular weight excluding hydrogens is 311 g/mol. The number of fused-ring (bicyclic) bond motifs is 1. The van der Waals surface area contributed by atoms with Gasteiger partial charge in [0, 0.05) is 10.0 Å². The maximum atomic E-state index is 13.6. The summed E-state index contributed by atoms with van der Waals surface area (Å²) in [7, 11) is 0. The van der Waals surface area contributed by atoms with E-state index in [0.29, 0.717) is 13.2 Å². The van der Waals surface area contributed by atoms with Crippen molar-refractivity contribution in [2.24, 2.45) is 0 Å². The topological polar surface area (TPSA) is 18.5 Å². The summed E-state index contributed by atoms with van der Waals surface area (Å²) in [5, 5.41) is 0. The van der Waals surface area contributed by atoms with Crippen molar-refractivity contribution >= 4 is 15.9 Å². The lowest BCUT2D eigenvalue weighted by Crippen LogP contribution is -2.12. The molecule has 2 nitrogen and oxygen atoms in total. The average Bonchev–Trinajstić information content (AvgIpc) is 2.83. The van der Waals surface area contributed by atoms with Gasteiger partial charge in [-0.1, -0.05) is 34.1 Å². The molecule has 2 aromatic carbocycles. The molecule has 4 heteroatoms. The summed E-state index contributed by atoms with van der Waals surface area (Å²) < 4.78 is 25.5. The predicted octanol–water partition coefficient (Wildman–Crippen LogP) is 4.14. The van der Waals surface area contributed by atoms with Crippen molar-refractivity contribution in [2.45, 2.75) is 5.92 Å². The van der Waals surface area contributed by atoms with E-state index in [0.717, 1.165) is 15.8 Å². The molecule has 0 spiro atoms. The van der Waals surface area contributed by atoms with Crippen LogP contribution in [0.5, 0.6) is 11.5 Å². The Balaban J connectivity index is 1.72. The maximum absolute atomic E-state index is 13.6. The van der Waals surface area contributed by atoms with E-state index in [1.54, 1.807) is 12.1 Å². The Morgan fingerprint density at radius 1 is 1.26 bits per heavy atom. The van der Waals surface area contributed by atoms with Gasteiger partial charge in [-0.15, -0.1) is 0 Å². The van der Waals surface area contributed by atoms with E-state index >= 15 is 0 Å². The van der Waals surface area contributed by atoms with E-state index in [4.69, 9.17) is 9.47 Å². The van der Waals surface area contributed by atoms with Crippen LogP contribution in [0.4, 0.5) is 4.39 Å². The molecule has 0 fully saturated rings. The van der Waals surface area contributed by atoms with Gasteiger partial charge in [-0.2, -0.15) is 0 Å². The highest BCUT2D eigenvalue weighted by Gasteiger charge is 2.24. The number of benzene rings is 2. The van der Waals surface area contributed by atoms with Gasteiger partial charge >= 0.3 is 0 Å². The summed E-state index contributed by atoms with van der Waals surface area (Å²) in [5.41, 5.74) is 1.12. The van der Waals surface area contributed by atoms with E-state index in [1.165, 1.54) is 6.07 Å². The van der Waals surface area contributed by atoms with Crippen molar-refractivity contribution in [2.75, 3.05) is 13.2 Å². The number of para-hydroxylation sites is 1. The Bertz CT molecular complexity index is 600. The minimum atomic E-state index is -0.351. The smallest absolute Gasteiger partial charge is 0.165 e. The summed E-state index contributed by atoms with van der Waals surface area (Å²) in [5.74, 6) is 0.953. The normalized spacial score (nSPS) is 16.8. The zero-order chi connectivity index (χ0) is 13.2. The molecule has 2 aromatic rings. The molecule has 98 valence electrons. The van der Waals surface area contributed by atoms with E-state index < -0.39 is 0 Å². The van der Waals surface area contributed by atoms with Gasteiger partial charge in [0.25, 0.3) is 0 Å². The Labute approximate surface area is 119 Å². The van der Waals surface area contributed by atoms with Gasteiger partial charge in [-0.3, -0.25) is 0 Å². The van der Waals surface area contributed by atoms with Crippen molar-refractivity contribution in [1.82, 2.24) is 0 Å². The van der Waals surface area contributed by atoms with Crippen molar-refractivity contribution in [3.05, 3.63) is 58.3 Å². The molecular formula is C15H12BrFO2. The second-order valence-electron chi connectivity index (χ2n) is 4.43. The first-order valence-electron chi connectivity index (χ1n) is 6.03. The average molecular weight is 323 g/mol. The number of rotatable bonds is 3. The van der Waals surface area contributed by atoms with Crippen LogP contribution in [0.15, 0.2) is 46.9 Å². The first-order chi connectivity index (χ1) is 9.24. The summed E-state index contributed by atoms with van der Waals surface area (Å²) in [6.07, 6.45) is 0. The summed E-state index contributed by atoms with van der Waals surface area (Å²) >= 11 is 3.30. The van der Waals surface area contributed by atoms with Crippen LogP contribution in [0.25, 0.3) is 0 Å². The maximum Gasteiger partial charge on any atom is 0.165 e. The molecule has 0 bridgehead atoms. The van der Waals surface area contributed by atoms with Gasteiger partial charge in [-0.25, -0.2) is 4.39 Å². The summed E-state index contributed by atoms with van der Waals surface area (Å²) in [4.78, 5) is 0. The molecule has 1 unspecified atom stereocenters. The monoisotopic (exact) mass is 322 g/mol. The third kappa shape index (κ3) is 2.59. The van der Waals surface area contributed by atoms with Crippen molar-refractivity contribution < 1.29 is 13.9 Å². The number of ether oxygens (including phenoxy) is 2. The fourth-order valence-electron chi connectivity index (χ4n) is 2.15. The standard InChI is InChI=1S/C15H12BrFO2/c16-11-5-6-13(17)15(7-11)19-9-10-8-18-14-4-2-1-3-12(10)14/h1-7,10H,8-9H2. The van der Waals surface area contributed by atoms with Gasteiger partial charge < -0.3 is 9.47 Å². The molecule has 0 saturated heterocycles. The minimum absolute atomic E-state index is 0.148. The highest BCUT2D eigenvalue weighted by Crippen LogP contribution is 2.34. The first kappa shape index (κ1) is 12.5. The Kier molecular flexibility index (Phi) is 3.42. The molecule has 3 rings (SSSR count). The van der Waals surface area contributed by atoms with Gasteiger partial charge in [0.15, 0.2) is 11.6 Å². The van der Waals surface area contributed by atoms with Gasteiger partial charge in [0.1, 0.15) is 5.75 Å². The van der Waals surface area contributed by atoms with E-state index in [1.807, 2.05) is 24.3 Å². The molecule has 1 aliphatic rings. The van der Waals surface area contributed by atoms with Crippen molar-refractivity contribution in [3.63, 3.8) is 0 Å². The molecule has 19 heavy (non-hydrogen) atoms. The fraction of sp³-hybridized carbons (Fsp3) is 0.200. The third-order valence-corrected chi connectivity index (χ3v) is 3.63. The van der Waals surface area contributed by atoms with E-state index in [9.17, 15) is 4.39 Å². The number of hydrogen-bond donors (Lipinski definition) is 0. The molecule has 0 aromatic heterocycles. The summed E-state index contributed by atoms with van der Waals surface area (Å²) in [6.45, 7) is 0.985. The van der Waals surface area contributed by atoms with Crippen molar-refractivity contribution in [1.29, 1.82) is 0 Å². The molecule has 0 saturated carbocycles. The Hall–Kier alpha value is -1.55. The first-order valence-corrected chi connectivity index (χ1v) is 6.83. The molecule has 0 aliphatic carbocycles. The minimum Gasteiger partial charge on any atom is -0.493 e. The number of hydrogen-bond acceptors (Lipinski definition) is 2. The number of halogens is 2. The van der Waals surface area contributed by atoms with Gasteiger partial charge in [0.2, 0.25) is 0 Å². The van der Waals surface area contributed by atoms with Crippen LogP contribution in [-0.4, -0.2) is 13.2 Å². The van der Waals surface area contributed by atoms with E-state index in [-0.39, 0.29) is 17.5 Å². The Morgan fingerprint density at radius 2 is 2.11 bits per heavy atom. The molecule has 0 N–H and O–H groups in total. The van der Waals surface area contributed by atoms with Crippen LogP contribution >= 0.6 is 15.9 Å². The fourth-order valence-corrected chi connectivity index (χ4v) is 2.49. The largest absolute Gasteiger partial charge is 0.493 e. The second kappa shape index (κ2) is 5.21. The van der Waals surface area contributed by atoms with Crippen LogP contribution in [0.3, 0.4) is 0 Å². The lowest BCUT2D eigenvalue weighted by atomic mass is 10.0. The molecule has 1 heterocycles. The van der Waals surface area contributed by atoms with Crippen LogP contribution in [0.2, 0.25) is 0 Å². The molecule has 0 radical (unpaired) electrons. The van der Waals surface area contributed by atoms with E-state index in [2.05, 4.69) is 15.9 Å². The van der Waals surface area contributed by atoms with Crippen LogP contribution < -0.4 is 9.47 Å². The zero-order valence-electron chi connectivity index (χ0n) is 10.1. The highest BCUT2D eigenvalue weighted by atomic mass is 79.9.